The molecule has 6 heteroatoms. The molecular formula is C14H30N2O3S. The molecule has 1 heterocycles. The van der Waals surface area contributed by atoms with Crippen LogP contribution in [0.15, 0.2) is 0 Å². The van der Waals surface area contributed by atoms with E-state index in [-0.39, 0.29) is 17.9 Å². The van der Waals surface area contributed by atoms with Crippen LogP contribution in [-0.4, -0.2) is 69.8 Å². The molecule has 1 N–H and O–H groups in total. The highest BCUT2D eigenvalue weighted by Crippen LogP contribution is 2.14. The predicted octanol–water partition coefficient (Wildman–Crippen LogP) is 0.899. The summed E-state index contributed by atoms with van der Waals surface area (Å²) in [5.74, 6) is 0.218. The molecule has 0 saturated carbocycles. The zero-order valence-corrected chi connectivity index (χ0v) is 14.1. The van der Waals surface area contributed by atoms with Gasteiger partial charge < -0.3 is 10.1 Å². The number of rotatable bonds is 8. The molecule has 0 spiro atoms. The minimum atomic E-state index is -2.92. The highest BCUT2D eigenvalue weighted by atomic mass is 32.2. The van der Waals surface area contributed by atoms with E-state index in [1.807, 2.05) is 0 Å². The lowest BCUT2D eigenvalue weighted by Gasteiger charge is -2.39. The van der Waals surface area contributed by atoms with Gasteiger partial charge in [-0.15, -0.1) is 0 Å². The first kappa shape index (κ1) is 17.9. The molecule has 1 fully saturated rings. The predicted molar refractivity (Wildman–Crippen MR) is 82.9 cm³/mol. The number of sulfone groups is 1. The maximum Gasteiger partial charge on any atom is 0.147 e. The van der Waals surface area contributed by atoms with Gasteiger partial charge in [-0.2, -0.15) is 0 Å². The van der Waals surface area contributed by atoms with Crippen molar-refractivity contribution in [2.45, 2.75) is 51.8 Å². The van der Waals surface area contributed by atoms with Crippen molar-refractivity contribution in [2.75, 3.05) is 38.2 Å². The van der Waals surface area contributed by atoms with E-state index < -0.39 is 9.84 Å². The minimum absolute atomic E-state index is 0.0828. The van der Waals surface area contributed by atoms with Gasteiger partial charge in [-0.1, -0.05) is 6.92 Å². The molecule has 0 aliphatic carbocycles. The van der Waals surface area contributed by atoms with E-state index in [4.69, 9.17) is 4.74 Å². The average Bonchev–Trinajstić information content (AvgIpc) is 2.38. The number of ether oxygens (including phenoxy) is 1. The van der Waals surface area contributed by atoms with Crippen molar-refractivity contribution >= 4 is 9.84 Å². The van der Waals surface area contributed by atoms with Crippen LogP contribution in [0.2, 0.25) is 0 Å². The van der Waals surface area contributed by atoms with E-state index in [0.29, 0.717) is 12.5 Å². The summed E-state index contributed by atoms with van der Waals surface area (Å²) in [4.78, 5) is 2.40. The maximum atomic E-state index is 11.4. The summed E-state index contributed by atoms with van der Waals surface area (Å²) in [5.41, 5.74) is 0. The molecule has 0 aromatic carbocycles. The Balaban J connectivity index is 2.61. The van der Waals surface area contributed by atoms with Gasteiger partial charge in [0, 0.05) is 31.4 Å². The highest BCUT2D eigenvalue weighted by Gasteiger charge is 2.29. The Bertz CT molecular complexity index is 371. The zero-order valence-electron chi connectivity index (χ0n) is 13.3. The number of hydrogen-bond acceptors (Lipinski definition) is 5. The van der Waals surface area contributed by atoms with Crippen LogP contribution in [0.25, 0.3) is 0 Å². The Labute approximate surface area is 124 Å². The van der Waals surface area contributed by atoms with E-state index in [2.05, 4.69) is 31.0 Å². The van der Waals surface area contributed by atoms with Crippen LogP contribution >= 0.6 is 0 Å². The third kappa shape index (κ3) is 6.52. The summed E-state index contributed by atoms with van der Waals surface area (Å²) in [6, 6.07) is 0.620. The Kier molecular flexibility index (Phi) is 7.43. The molecule has 2 unspecified atom stereocenters. The molecule has 5 nitrogen and oxygen atoms in total. The third-order valence-electron chi connectivity index (χ3n) is 3.76. The van der Waals surface area contributed by atoms with Gasteiger partial charge in [-0.3, -0.25) is 4.90 Å². The van der Waals surface area contributed by atoms with Crippen molar-refractivity contribution in [1.82, 2.24) is 10.2 Å². The van der Waals surface area contributed by atoms with Crippen LogP contribution in [0.1, 0.15) is 33.6 Å². The second-order valence-electron chi connectivity index (χ2n) is 5.98. The fourth-order valence-electron chi connectivity index (χ4n) is 2.50. The molecule has 1 aliphatic heterocycles. The van der Waals surface area contributed by atoms with Gasteiger partial charge in [-0.05, 0) is 33.2 Å². The monoisotopic (exact) mass is 306 g/mol. The summed E-state index contributed by atoms with van der Waals surface area (Å²) in [6.45, 7) is 9.95. The fraction of sp³-hybridized carbons (Fsp3) is 1.00. The summed E-state index contributed by atoms with van der Waals surface area (Å²) < 4.78 is 28.7. The topological polar surface area (TPSA) is 58.6 Å². The van der Waals surface area contributed by atoms with Gasteiger partial charge in [0.1, 0.15) is 9.84 Å². The molecular weight excluding hydrogens is 276 g/mol. The van der Waals surface area contributed by atoms with Crippen molar-refractivity contribution in [1.29, 1.82) is 0 Å². The average molecular weight is 306 g/mol. The molecule has 0 bridgehead atoms. The smallest absolute Gasteiger partial charge is 0.147 e. The van der Waals surface area contributed by atoms with E-state index in [9.17, 15) is 8.42 Å². The summed E-state index contributed by atoms with van der Waals surface area (Å²) in [5, 5.41) is 3.46. The van der Waals surface area contributed by atoms with E-state index in [0.717, 1.165) is 32.7 Å². The van der Waals surface area contributed by atoms with Gasteiger partial charge in [0.2, 0.25) is 0 Å². The lowest BCUT2D eigenvalue weighted by molar-refractivity contribution is -0.0556. The second kappa shape index (κ2) is 8.32. The molecule has 1 aliphatic rings. The molecule has 1 rings (SSSR count). The van der Waals surface area contributed by atoms with Crippen LogP contribution in [0.4, 0.5) is 0 Å². The standard InChI is InChI=1S/C14H30N2O3S/c1-5-7-15-13(6-10-20(4,17)18)14-11-16(12(2)3)8-9-19-14/h12-15H,5-11H2,1-4H3. The van der Waals surface area contributed by atoms with E-state index in [1.165, 1.54) is 6.26 Å². The lowest BCUT2D eigenvalue weighted by atomic mass is 10.1. The van der Waals surface area contributed by atoms with Gasteiger partial charge in [0.25, 0.3) is 0 Å². The van der Waals surface area contributed by atoms with Crippen LogP contribution in [0.3, 0.4) is 0 Å². The van der Waals surface area contributed by atoms with Gasteiger partial charge >= 0.3 is 0 Å². The molecule has 2 atom stereocenters. The molecule has 1 saturated heterocycles. The van der Waals surface area contributed by atoms with Gasteiger partial charge in [-0.25, -0.2) is 8.42 Å². The van der Waals surface area contributed by atoms with Gasteiger partial charge in [0.15, 0.2) is 0 Å². The molecule has 0 radical (unpaired) electrons. The largest absolute Gasteiger partial charge is 0.374 e. The number of morpholine rings is 1. The second-order valence-corrected chi connectivity index (χ2v) is 8.24. The highest BCUT2D eigenvalue weighted by molar-refractivity contribution is 7.90. The fourth-order valence-corrected chi connectivity index (χ4v) is 3.18. The Morgan fingerprint density at radius 2 is 2.10 bits per heavy atom. The van der Waals surface area contributed by atoms with Crippen LogP contribution < -0.4 is 5.32 Å². The molecule has 120 valence electrons. The van der Waals surface area contributed by atoms with Crippen LogP contribution in [0, 0.1) is 0 Å². The summed E-state index contributed by atoms with van der Waals surface area (Å²) in [6.07, 6.45) is 3.04. The molecule has 0 aromatic rings. The lowest BCUT2D eigenvalue weighted by Crippen LogP contribution is -2.54. The number of hydrogen-bond donors (Lipinski definition) is 1. The normalized spacial score (nSPS) is 23.1. The third-order valence-corrected chi connectivity index (χ3v) is 4.74. The zero-order chi connectivity index (χ0) is 15.2. The Hall–Kier alpha value is -0.170. The van der Waals surface area contributed by atoms with Crippen molar-refractivity contribution < 1.29 is 13.2 Å². The Morgan fingerprint density at radius 1 is 1.40 bits per heavy atom. The van der Waals surface area contributed by atoms with E-state index in [1.54, 1.807) is 0 Å². The van der Waals surface area contributed by atoms with Crippen LogP contribution in [0.5, 0.6) is 0 Å². The SMILES string of the molecule is CCCNC(CCS(C)(=O)=O)C1CN(C(C)C)CCO1. The van der Waals surface area contributed by atoms with Gasteiger partial charge in [0.05, 0.1) is 18.5 Å². The van der Waals surface area contributed by atoms with Crippen molar-refractivity contribution in [3.63, 3.8) is 0 Å². The summed E-state index contributed by atoms with van der Waals surface area (Å²) in [7, 11) is -2.92. The quantitative estimate of drug-likeness (QED) is 0.722. The van der Waals surface area contributed by atoms with Crippen molar-refractivity contribution in [3.8, 4) is 0 Å². The first-order chi connectivity index (χ1) is 9.33. The molecule has 0 aromatic heterocycles. The van der Waals surface area contributed by atoms with E-state index >= 15 is 0 Å². The summed E-state index contributed by atoms with van der Waals surface area (Å²) >= 11 is 0. The maximum absolute atomic E-state index is 11.4. The van der Waals surface area contributed by atoms with Crippen molar-refractivity contribution in [2.24, 2.45) is 0 Å². The molecule has 20 heavy (non-hydrogen) atoms. The first-order valence-electron chi connectivity index (χ1n) is 7.60. The number of nitrogens with zero attached hydrogens (tertiary/aromatic N) is 1. The van der Waals surface area contributed by atoms with Crippen molar-refractivity contribution in [3.05, 3.63) is 0 Å². The minimum Gasteiger partial charge on any atom is -0.374 e. The Morgan fingerprint density at radius 3 is 2.65 bits per heavy atom. The molecule has 0 amide bonds. The van der Waals surface area contributed by atoms with Crippen LogP contribution in [-0.2, 0) is 14.6 Å². The number of nitrogens with one attached hydrogen (secondary N) is 1. The first-order valence-corrected chi connectivity index (χ1v) is 9.66.